The molecule has 0 unspecified atom stereocenters. The third kappa shape index (κ3) is 4.66. The van der Waals surface area contributed by atoms with Gasteiger partial charge in [0.15, 0.2) is 17.5 Å². The average Bonchev–Trinajstić information content (AvgIpc) is 2.73. The lowest BCUT2D eigenvalue weighted by molar-refractivity contribution is -0.116. The topological polar surface area (TPSA) is 69.7 Å². The molecule has 6 nitrogen and oxygen atoms in total. The van der Waals surface area contributed by atoms with E-state index in [1.54, 1.807) is 6.92 Å². The highest BCUT2D eigenvalue weighted by atomic mass is 32.2. The molecule has 0 saturated carbocycles. The van der Waals surface area contributed by atoms with Crippen molar-refractivity contribution in [3.05, 3.63) is 65.0 Å². The van der Waals surface area contributed by atoms with Gasteiger partial charge in [0.1, 0.15) is 0 Å². The molecule has 1 heterocycles. The molecule has 0 bridgehead atoms. The molecule has 1 aliphatic heterocycles. The number of rotatable bonds is 7. The van der Waals surface area contributed by atoms with E-state index in [0.717, 1.165) is 21.5 Å². The number of halogens is 3. The van der Waals surface area contributed by atoms with Crippen LogP contribution in [0.5, 0.6) is 0 Å². The van der Waals surface area contributed by atoms with Gasteiger partial charge in [0.05, 0.1) is 12.2 Å². The Labute approximate surface area is 173 Å². The summed E-state index contributed by atoms with van der Waals surface area (Å²) in [6.07, 6.45) is 1.01. The van der Waals surface area contributed by atoms with E-state index in [1.165, 1.54) is 4.31 Å². The number of hydrogen-bond donors (Lipinski definition) is 1. The highest BCUT2D eigenvalue weighted by Crippen LogP contribution is 2.23. The highest BCUT2D eigenvalue weighted by molar-refractivity contribution is 7.86. The largest absolute Gasteiger partial charge is 0.322 e. The van der Waals surface area contributed by atoms with Crippen LogP contribution in [-0.4, -0.2) is 42.6 Å². The number of hydrogen-bond acceptors (Lipinski definition) is 3. The summed E-state index contributed by atoms with van der Waals surface area (Å²) in [6.45, 7) is 1.74. The number of benzene rings is 2. The molecule has 0 aromatic heterocycles. The summed E-state index contributed by atoms with van der Waals surface area (Å²) in [5.41, 5.74) is 1.43. The Morgan fingerprint density at radius 1 is 1.10 bits per heavy atom. The van der Waals surface area contributed by atoms with Gasteiger partial charge in [-0.05, 0) is 36.1 Å². The van der Waals surface area contributed by atoms with Gasteiger partial charge in [0.25, 0.3) is 10.2 Å². The molecule has 0 atom stereocenters. The Bertz CT molecular complexity index is 1050. The predicted octanol–water partition coefficient (Wildman–Crippen LogP) is 3.06. The van der Waals surface area contributed by atoms with E-state index in [1.807, 2.05) is 24.3 Å². The van der Waals surface area contributed by atoms with Gasteiger partial charge in [-0.25, -0.2) is 13.2 Å². The van der Waals surface area contributed by atoms with Crippen molar-refractivity contribution in [2.75, 3.05) is 25.0 Å². The van der Waals surface area contributed by atoms with E-state index in [2.05, 4.69) is 5.32 Å². The number of carbonyl (C=O) groups excluding carboxylic acids is 1. The van der Waals surface area contributed by atoms with E-state index in [9.17, 15) is 26.4 Å². The van der Waals surface area contributed by atoms with E-state index in [-0.39, 0.29) is 19.6 Å². The zero-order chi connectivity index (χ0) is 21.9. The van der Waals surface area contributed by atoms with Crippen LogP contribution in [0.3, 0.4) is 0 Å². The van der Waals surface area contributed by atoms with Crippen molar-refractivity contribution in [2.45, 2.75) is 26.3 Å². The van der Waals surface area contributed by atoms with Gasteiger partial charge in [-0.2, -0.15) is 17.0 Å². The summed E-state index contributed by atoms with van der Waals surface area (Å²) in [7, 11) is -3.96. The average molecular weight is 441 g/mol. The second-order valence-electron chi connectivity index (χ2n) is 6.96. The Kier molecular flexibility index (Phi) is 6.79. The fraction of sp³-hybridized carbons (Fsp3) is 0.350. The molecule has 2 aromatic carbocycles. The lowest BCUT2D eigenvalue weighted by Crippen LogP contribution is -2.48. The van der Waals surface area contributed by atoms with Crippen LogP contribution in [0.4, 0.5) is 18.9 Å². The van der Waals surface area contributed by atoms with Gasteiger partial charge < -0.3 is 5.32 Å². The zero-order valence-electron chi connectivity index (χ0n) is 16.4. The first kappa shape index (κ1) is 22.3. The fourth-order valence-electron chi connectivity index (χ4n) is 3.33. The van der Waals surface area contributed by atoms with Crippen LogP contribution in [-0.2, 0) is 28.0 Å². The van der Waals surface area contributed by atoms with Gasteiger partial charge in [0, 0.05) is 19.6 Å². The van der Waals surface area contributed by atoms with Crippen LogP contribution in [0.25, 0.3) is 0 Å². The minimum atomic E-state index is -3.96. The highest BCUT2D eigenvalue weighted by Gasteiger charge is 2.33. The summed E-state index contributed by atoms with van der Waals surface area (Å²) in [5, 5.41) is 2.11. The molecule has 10 heteroatoms. The minimum Gasteiger partial charge on any atom is -0.322 e. The molecule has 0 spiro atoms. The van der Waals surface area contributed by atoms with Crippen LogP contribution >= 0.6 is 0 Å². The summed E-state index contributed by atoms with van der Waals surface area (Å²) in [6, 6.07) is 9.11. The summed E-state index contributed by atoms with van der Waals surface area (Å²) >= 11 is 0. The minimum absolute atomic E-state index is 0.0775. The molecule has 30 heavy (non-hydrogen) atoms. The van der Waals surface area contributed by atoms with Crippen molar-refractivity contribution in [1.82, 2.24) is 8.61 Å². The predicted molar refractivity (Wildman–Crippen MR) is 106 cm³/mol. The first-order valence-corrected chi connectivity index (χ1v) is 10.9. The maximum absolute atomic E-state index is 13.8. The zero-order valence-corrected chi connectivity index (χ0v) is 17.2. The number of carbonyl (C=O) groups is 1. The molecule has 1 amide bonds. The van der Waals surface area contributed by atoms with E-state index >= 15 is 0 Å². The van der Waals surface area contributed by atoms with Crippen LogP contribution in [0.1, 0.15) is 24.5 Å². The third-order valence-electron chi connectivity index (χ3n) is 4.85. The van der Waals surface area contributed by atoms with E-state index in [0.29, 0.717) is 18.9 Å². The van der Waals surface area contributed by atoms with Crippen LogP contribution in [0, 0.1) is 17.5 Å². The lowest BCUT2D eigenvalue weighted by atomic mass is 10.0. The Balaban J connectivity index is 1.75. The van der Waals surface area contributed by atoms with Crippen LogP contribution in [0.15, 0.2) is 36.4 Å². The molecule has 1 N–H and O–H groups in total. The molecule has 0 fully saturated rings. The van der Waals surface area contributed by atoms with E-state index < -0.39 is 45.8 Å². The standard InChI is InChI=1S/C20H22F3N3O3S/c1-2-10-25(13-18(27)24-17-8-7-16(21)19(22)20(17)23)30(28,29)26-11-9-14-5-3-4-6-15(14)12-26/h3-8H,2,9-13H2,1H3,(H,24,27). The van der Waals surface area contributed by atoms with Crippen molar-refractivity contribution in [2.24, 2.45) is 0 Å². The molecule has 0 saturated heterocycles. The first-order valence-electron chi connectivity index (χ1n) is 9.49. The van der Waals surface area contributed by atoms with Gasteiger partial charge in [-0.1, -0.05) is 31.2 Å². The second-order valence-corrected chi connectivity index (χ2v) is 8.89. The SMILES string of the molecule is CCCN(CC(=O)Nc1ccc(F)c(F)c1F)S(=O)(=O)N1CCc2ccccc2C1. The van der Waals surface area contributed by atoms with Gasteiger partial charge >= 0.3 is 0 Å². The van der Waals surface area contributed by atoms with Crippen molar-refractivity contribution < 1.29 is 26.4 Å². The van der Waals surface area contributed by atoms with Crippen molar-refractivity contribution in [1.29, 1.82) is 0 Å². The number of nitrogens with one attached hydrogen (secondary N) is 1. The maximum Gasteiger partial charge on any atom is 0.282 e. The lowest BCUT2D eigenvalue weighted by Gasteiger charge is -2.32. The third-order valence-corrected chi connectivity index (χ3v) is 6.78. The summed E-state index contributed by atoms with van der Waals surface area (Å²) in [5.74, 6) is -5.49. The van der Waals surface area contributed by atoms with Gasteiger partial charge in [0.2, 0.25) is 5.91 Å². The van der Waals surface area contributed by atoms with Crippen LogP contribution in [0.2, 0.25) is 0 Å². The molecule has 3 rings (SSSR count). The fourth-order valence-corrected chi connectivity index (χ4v) is 4.97. The van der Waals surface area contributed by atoms with Gasteiger partial charge in [-0.15, -0.1) is 0 Å². The monoisotopic (exact) mass is 441 g/mol. The quantitative estimate of drug-likeness (QED) is 0.672. The Hall–Kier alpha value is -2.43. The maximum atomic E-state index is 13.8. The molecule has 2 aromatic rings. The smallest absolute Gasteiger partial charge is 0.282 e. The first-order chi connectivity index (χ1) is 14.2. The van der Waals surface area contributed by atoms with E-state index in [4.69, 9.17) is 0 Å². The molecule has 1 aliphatic rings. The number of amides is 1. The number of fused-ring (bicyclic) bond motifs is 1. The summed E-state index contributed by atoms with van der Waals surface area (Å²) in [4.78, 5) is 12.4. The van der Waals surface area contributed by atoms with Crippen LogP contribution < -0.4 is 5.32 Å². The second kappa shape index (κ2) is 9.15. The van der Waals surface area contributed by atoms with Crippen molar-refractivity contribution in [3.8, 4) is 0 Å². The number of nitrogens with zero attached hydrogens (tertiary/aromatic N) is 2. The Morgan fingerprint density at radius 2 is 1.80 bits per heavy atom. The van der Waals surface area contributed by atoms with Crippen molar-refractivity contribution >= 4 is 21.8 Å². The molecule has 162 valence electrons. The van der Waals surface area contributed by atoms with Gasteiger partial charge in [-0.3, -0.25) is 4.79 Å². The molecular weight excluding hydrogens is 419 g/mol. The summed E-state index contributed by atoms with van der Waals surface area (Å²) < 4.78 is 68.8. The number of anilines is 1. The molecule has 0 radical (unpaired) electrons. The Morgan fingerprint density at radius 3 is 2.50 bits per heavy atom. The molecule has 0 aliphatic carbocycles. The normalized spacial score (nSPS) is 14.6. The molecular formula is C20H22F3N3O3S. The van der Waals surface area contributed by atoms with Crippen molar-refractivity contribution in [3.63, 3.8) is 0 Å².